The van der Waals surface area contributed by atoms with E-state index in [4.69, 9.17) is 15.3 Å². The van der Waals surface area contributed by atoms with Gasteiger partial charge >= 0.3 is 11.9 Å². The van der Waals surface area contributed by atoms with Gasteiger partial charge in [-0.1, -0.05) is 20.3 Å². The molecule has 0 aromatic rings. The van der Waals surface area contributed by atoms with Crippen molar-refractivity contribution in [2.24, 2.45) is 5.92 Å². The number of rotatable bonds is 9. The van der Waals surface area contributed by atoms with Crippen molar-refractivity contribution in [3.8, 4) is 0 Å². The lowest BCUT2D eigenvalue weighted by Gasteiger charge is -2.07. The predicted octanol–water partition coefficient (Wildman–Crippen LogP) is 2.24. The second-order valence-corrected chi connectivity index (χ2v) is 4.12. The Labute approximate surface area is 102 Å². The zero-order valence-electron chi connectivity index (χ0n) is 10.5. The number of esters is 1. The molecule has 0 aliphatic heterocycles. The van der Waals surface area contributed by atoms with E-state index in [0.717, 1.165) is 12.8 Å². The van der Waals surface area contributed by atoms with E-state index in [1.54, 1.807) is 6.92 Å². The minimum atomic E-state index is -0.916. The third-order valence-corrected chi connectivity index (χ3v) is 2.37. The van der Waals surface area contributed by atoms with Gasteiger partial charge in [-0.25, -0.2) is 0 Å². The molecule has 0 radical (unpaired) electrons. The smallest absolute Gasteiger partial charge is 0.306 e. The van der Waals surface area contributed by atoms with E-state index < -0.39 is 11.9 Å². The summed E-state index contributed by atoms with van der Waals surface area (Å²) in [7, 11) is 0. The molecular weight excluding hydrogens is 222 g/mol. The van der Waals surface area contributed by atoms with E-state index in [0.29, 0.717) is 6.61 Å². The lowest BCUT2D eigenvalue weighted by atomic mass is 10.0. The summed E-state index contributed by atoms with van der Waals surface area (Å²) in [6.45, 7) is 3.99. The van der Waals surface area contributed by atoms with Crippen LogP contribution in [0.1, 0.15) is 46.0 Å². The number of ether oxygens (including phenoxy) is 1. The van der Waals surface area contributed by atoms with Crippen molar-refractivity contribution in [2.45, 2.75) is 46.0 Å². The molecule has 0 aromatic heterocycles. The van der Waals surface area contributed by atoms with Gasteiger partial charge in [0.2, 0.25) is 0 Å². The van der Waals surface area contributed by atoms with Crippen LogP contribution in [0.5, 0.6) is 0 Å². The standard InChI is InChI=1S/C12H21NO4/c1-3-4-7-17-11(14)6-5-10(13)8-9(2)12(15)16/h9,13H,3-8H2,1-2H3,(H,15,16). The third-order valence-electron chi connectivity index (χ3n) is 2.37. The predicted molar refractivity (Wildman–Crippen MR) is 64.2 cm³/mol. The molecule has 0 aliphatic rings. The number of aliphatic carboxylic acids is 1. The molecular formula is C12H21NO4. The summed E-state index contributed by atoms with van der Waals surface area (Å²) >= 11 is 0. The molecule has 5 heteroatoms. The van der Waals surface area contributed by atoms with Crippen LogP contribution >= 0.6 is 0 Å². The van der Waals surface area contributed by atoms with Gasteiger partial charge in [-0.15, -0.1) is 0 Å². The van der Waals surface area contributed by atoms with Crippen molar-refractivity contribution < 1.29 is 19.4 Å². The van der Waals surface area contributed by atoms with Crippen LogP contribution in [-0.4, -0.2) is 29.4 Å². The van der Waals surface area contributed by atoms with Crippen molar-refractivity contribution in [3.05, 3.63) is 0 Å². The van der Waals surface area contributed by atoms with E-state index in [1.807, 2.05) is 6.92 Å². The van der Waals surface area contributed by atoms with Gasteiger partial charge in [0.25, 0.3) is 0 Å². The molecule has 0 saturated heterocycles. The number of hydrogen-bond donors (Lipinski definition) is 2. The molecule has 0 rings (SSSR count). The highest BCUT2D eigenvalue weighted by Crippen LogP contribution is 2.07. The summed E-state index contributed by atoms with van der Waals surface area (Å²) < 4.78 is 4.93. The summed E-state index contributed by atoms with van der Waals surface area (Å²) in [5, 5.41) is 16.2. The first-order valence-electron chi connectivity index (χ1n) is 5.92. The Morgan fingerprint density at radius 3 is 2.53 bits per heavy atom. The van der Waals surface area contributed by atoms with E-state index >= 15 is 0 Å². The van der Waals surface area contributed by atoms with Crippen LogP contribution in [-0.2, 0) is 14.3 Å². The number of carboxylic acids is 1. The Morgan fingerprint density at radius 2 is 2.00 bits per heavy atom. The van der Waals surface area contributed by atoms with Gasteiger partial charge in [0, 0.05) is 5.71 Å². The minimum absolute atomic E-state index is 0.162. The van der Waals surface area contributed by atoms with Crippen LogP contribution in [0.3, 0.4) is 0 Å². The minimum Gasteiger partial charge on any atom is -0.481 e. The average Bonchev–Trinajstić information content (AvgIpc) is 2.26. The van der Waals surface area contributed by atoms with Gasteiger partial charge in [-0.3, -0.25) is 9.59 Å². The van der Waals surface area contributed by atoms with E-state index in [9.17, 15) is 9.59 Å². The van der Waals surface area contributed by atoms with Gasteiger partial charge < -0.3 is 15.3 Å². The number of carboxylic acid groups (broad SMARTS) is 1. The molecule has 1 unspecified atom stereocenters. The maximum absolute atomic E-state index is 11.2. The quantitative estimate of drug-likeness (QED) is 0.369. The fourth-order valence-electron chi connectivity index (χ4n) is 1.21. The Kier molecular flexibility index (Phi) is 8.01. The van der Waals surface area contributed by atoms with Crippen molar-refractivity contribution >= 4 is 17.7 Å². The third kappa shape index (κ3) is 8.42. The van der Waals surface area contributed by atoms with Crippen LogP contribution < -0.4 is 0 Å². The molecule has 98 valence electrons. The molecule has 17 heavy (non-hydrogen) atoms. The van der Waals surface area contributed by atoms with Crippen LogP contribution in [0.2, 0.25) is 0 Å². The first-order chi connectivity index (χ1) is 7.97. The number of nitrogens with one attached hydrogen (secondary N) is 1. The fourth-order valence-corrected chi connectivity index (χ4v) is 1.21. The van der Waals surface area contributed by atoms with Crippen LogP contribution in [0.15, 0.2) is 0 Å². The van der Waals surface area contributed by atoms with Crippen molar-refractivity contribution in [3.63, 3.8) is 0 Å². The van der Waals surface area contributed by atoms with E-state index in [1.165, 1.54) is 0 Å². The molecule has 0 spiro atoms. The largest absolute Gasteiger partial charge is 0.481 e. The molecule has 2 N–H and O–H groups in total. The molecule has 0 bridgehead atoms. The SMILES string of the molecule is CCCCOC(=O)CCC(=N)CC(C)C(=O)O. The second-order valence-electron chi connectivity index (χ2n) is 4.12. The van der Waals surface area contributed by atoms with Gasteiger partial charge in [0.15, 0.2) is 0 Å². The summed E-state index contributed by atoms with van der Waals surface area (Å²) in [5.74, 6) is -1.80. The second kappa shape index (κ2) is 8.73. The molecule has 0 aliphatic carbocycles. The number of carbonyl (C=O) groups excluding carboxylic acids is 1. The highest BCUT2D eigenvalue weighted by molar-refractivity contribution is 5.88. The highest BCUT2D eigenvalue weighted by Gasteiger charge is 2.14. The van der Waals surface area contributed by atoms with Crippen LogP contribution in [0.25, 0.3) is 0 Å². The lowest BCUT2D eigenvalue weighted by molar-refractivity contribution is -0.143. The molecule has 0 heterocycles. The maximum Gasteiger partial charge on any atom is 0.306 e. The summed E-state index contributed by atoms with van der Waals surface area (Å²) in [4.78, 5) is 21.8. The van der Waals surface area contributed by atoms with Crippen molar-refractivity contribution in [1.29, 1.82) is 5.41 Å². The Bertz CT molecular complexity index is 276. The maximum atomic E-state index is 11.2. The molecule has 0 saturated carbocycles. The van der Waals surface area contributed by atoms with Crippen molar-refractivity contribution in [1.82, 2.24) is 0 Å². The molecule has 0 aromatic carbocycles. The Hall–Kier alpha value is -1.39. The first kappa shape index (κ1) is 15.6. The van der Waals surface area contributed by atoms with Crippen LogP contribution in [0.4, 0.5) is 0 Å². The Balaban J connectivity index is 3.69. The zero-order valence-corrected chi connectivity index (χ0v) is 10.5. The van der Waals surface area contributed by atoms with Gasteiger partial charge in [-0.05, 0) is 19.3 Å². The average molecular weight is 243 g/mol. The topological polar surface area (TPSA) is 87.5 Å². The summed E-state index contributed by atoms with van der Waals surface area (Å²) in [6, 6.07) is 0. The fraction of sp³-hybridized carbons (Fsp3) is 0.750. The van der Waals surface area contributed by atoms with Gasteiger partial charge in [0.1, 0.15) is 0 Å². The summed E-state index contributed by atoms with van der Waals surface area (Å²) in [5.41, 5.74) is 0.285. The van der Waals surface area contributed by atoms with Gasteiger partial charge in [0.05, 0.1) is 18.9 Å². The Morgan fingerprint density at radius 1 is 1.35 bits per heavy atom. The molecule has 0 amide bonds. The van der Waals surface area contributed by atoms with E-state index in [-0.39, 0.29) is 30.9 Å². The molecule has 0 fully saturated rings. The first-order valence-corrected chi connectivity index (χ1v) is 5.92. The molecule has 1 atom stereocenters. The lowest BCUT2D eigenvalue weighted by Crippen LogP contribution is -2.15. The van der Waals surface area contributed by atoms with E-state index in [2.05, 4.69) is 0 Å². The molecule has 5 nitrogen and oxygen atoms in total. The number of unbranched alkanes of at least 4 members (excludes halogenated alkanes) is 1. The number of carbonyl (C=O) groups is 2. The van der Waals surface area contributed by atoms with Crippen molar-refractivity contribution in [2.75, 3.05) is 6.61 Å². The van der Waals surface area contributed by atoms with Crippen LogP contribution in [0, 0.1) is 11.3 Å². The van der Waals surface area contributed by atoms with Gasteiger partial charge in [-0.2, -0.15) is 0 Å². The summed E-state index contributed by atoms with van der Waals surface area (Å²) in [6.07, 6.45) is 2.45. The normalized spacial score (nSPS) is 11.9. The highest BCUT2D eigenvalue weighted by atomic mass is 16.5. The number of hydrogen-bond acceptors (Lipinski definition) is 4. The zero-order chi connectivity index (χ0) is 13.3. The monoisotopic (exact) mass is 243 g/mol.